The summed E-state index contributed by atoms with van der Waals surface area (Å²) < 4.78 is 1.04. The van der Waals surface area contributed by atoms with Crippen LogP contribution in [0, 0.1) is 3.57 Å². The van der Waals surface area contributed by atoms with Crippen LogP contribution in [0.5, 0.6) is 0 Å². The Hall–Kier alpha value is -3.20. The summed E-state index contributed by atoms with van der Waals surface area (Å²) in [5, 5.41) is 5.56. The monoisotopic (exact) mass is 511 g/mol. The molecule has 4 rings (SSSR count). The second kappa shape index (κ2) is 8.27. The van der Waals surface area contributed by atoms with Crippen molar-refractivity contribution in [3.8, 4) is 0 Å². The highest BCUT2D eigenvalue weighted by Gasteiger charge is 2.54. The number of amides is 4. The molecule has 0 saturated carbocycles. The number of hydrogen-bond acceptors (Lipinski definition) is 3. The number of carbonyl (C=O) groups excluding carboxylic acids is 3. The predicted octanol–water partition coefficient (Wildman–Crippen LogP) is 3.73. The number of hydrogen-bond donors (Lipinski definition) is 2. The fraction of sp³-hybridized carbons (Fsp3) is 0.0870. The van der Waals surface area contributed by atoms with Gasteiger partial charge in [-0.25, -0.2) is 4.79 Å². The van der Waals surface area contributed by atoms with Crippen LogP contribution in [0.1, 0.15) is 11.1 Å². The Kier molecular flexibility index (Phi) is 5.54. The van der Waals surface area contributed by atoms with Gasteiger partial charge in [0.25, 0.3) is 5.91 Å². The maximum atomic E-state index is 13.5. The maximum absolute atomic E-state index is 13.5. The van der Waals surface area contributed by atoms with Gasteiger partial charge in [-0.2, -0.15) is 0 Å². The molecular formula is C23H18IN3O3. The molecule has 1 saturated heterocycles. The number of anilines is 1. The Morgan fingerprint density at radius 1 is 0.867 bits per heavy atom. The highest BCUT2D eigenvalue weighted by molar-refractivity contribution is 14.1. The standard InChI is InChI=1S/C23H18IN3O3/c24-18-11-13-19(14-12-18)25-20(28)15-27-21(29)23(26-22(27)30,16-7-3-1-4-8-16)17-9-5-2-6-10-17/h1-14H,15H2,(H,25,28)(H,26,30). The highest BCUT2D eigenvalue weighted by atomic mass is 127. The smallest absolute Gasteiger partial charge is 0.325 e. The molecule has 0 aliphatic carbocycles. The molecule has 0 unspecified atom stereocenters. The van der Waals surface area contributed by atoms with E-state index in [2.05, 4.69) is 33.2 Å². The summed E-state index contributed by atoms with van der Waals surface area (Å²) in [5.74, 6) is -0.931. The van der Waals surface area contributed by atoms with Gasteiger partial charge in [0, 0.05) is 9.26 Å². The SMILES string of the molecule is O=C(CN1C(=O)NC(c2ccccc2)(c2ccccc2)C1=O)Nc1ccc(I)cc1. The molecule has 0 bridgehead atoms. The molecule has 7 heteroatoms. The van der Waals surface area contributed by atoms with E-state index in [9.17, 15) is 14.4 Å². The van der Waals surface area contributed by atoms with Crippen molar-refractivity contribution in [3.63, 3.8) is 0 Å². The van der Waals surface area contributed by atoms with Gasteiger partial charge in [-0.05, 0) is 58.0 Å². The predicted molar refractivity (Wildman–Crippen MR) is 122 cm³/mol. The zero-order chi connectivity index (χ0) is 21.1. The molecule has 0 radical (unpaired) electrons. The minimum absolute atomic E-state index is 0.377. The summed E-state index contributed by atoms with van der Waals surface area (Å²) in [4.78, 5) is 39.8. The number of urea groups is 1. The van der Waals surface area contributed by atoms with Crippen LogP contribution in [0.4, 0.5) is 10.5 Å². The van der Waals surface area contributed by atoms with E-state index >= 15 is 0 Å². The molecule has 0 atom stereocenters. The average Bonchev–Trinajstić information content (AvgIpc) is 3.02. The van der Waals surface area contributed by atoms with E-state index in [1.807, 2.05) is 48.5 Å². The summed E-state index contributed by atoms with van der Waals surface area (Å²) in [6, 6.07) is 24.7. The lowest BCUT2D eigenvalue weighted by Crippen LogP contribution is -2.45. The molecule has 150 valence electrons. The minimum Gasteiger partial charge on any atom is -0.325 e. The summed E-state index contributed by atoms with van der Waals surface area (Å²) in [5.41, 5.74) is 0.498. The van der Waals surface area contributed by atoms with Crippen LogP contribution in [-0.2, 0) is 15.1 Å². The Balaban J connectivity index is 1.64. The summed E-state index contributed by atoms with van der Waals surface area (Å²) >= 11 is 2.17. The first kappa shape index (κ1) is 20.1. The lowest BCUT2D eigenvalue weighted by atomic mass is 9.82. The van der Waals surface area contributed by atoms with Gasteiger partial charge in [0.15, 0.2) is 5.54 Å². The Bertz CT molecular complexity index is 1050. The average molecular weight is 511 g/mol. The largest absolute Gasteiger partial charge is 0.326 e. The number of benzene rings is 3. The summed E-state index contributed by atoms with van der Waals surface area (Å²) in [7, 11) is 0. The van der Waals surface area contributed by atoms with Gasteiger partial charge in [0.2, 0.25) is 5.91 Å². The van der Waals surface area contributed by atoms with Crippen LogP contribution in [0.25, 0.3) is 0 Å². The summed E-state index contributed by atoms with van der Waals surface area (Å²) in [6.45, 7) is -0.377. The number of nitrogens with one attached hydrogen (secondary N) is 2. The third-order valence-electron chi connectivity index (χ3n) is 4.95. The van der Waals surface area contributed by atoms with Crippen molar-refractivity contribution < 1.29 is 14.4 Å². The van der Waals surface area contributed by atoms with Crippen molar-refractivity contribution >= 4 is 46.1 Å². The minimum atomic E-state index is -1.37. The zero-order valence-corrected chi connectivity index (χ0v) is 18.0. The van der Waals surface area contributed by atoms with Gasteiger partial charge in [0.1, 0.15) is 6.54 Å². The molecule has 3 aromatic carbocycles. The first-order chi connectivity index (χ1) is 14.5. The van der Waals surface area contributed by atoms with Gasteiger partial charge in [-0.1, -0.05) is 60.7 Å². The van der Waals surface area contributed by atoms with Crippen molar-refractivity contribution in [2.75, 3.05) is 11.9 Å². The van der Waals surface area contributed by atoms with Crippen LogP contribution in [0.15, 0.2) is 84.9 Å². The normalized spacial score (nSPS) is 15.0. The van der Waals surface area contributed by atoms with E-state index in [1.54, 1.807) is 36.4 Å². The van der Waals surface area contributed by atoms with Crippen LogP contribution in [0.2, 0.25) is 0 Å². The van der Waals surface area contributed by atoms with Gasteiger partial charge in [-0.15, -0.1) is 0 Å². The highest BCUT2D eigenvalue weighted by Crippen LogP contribution is 2.35. The van der Waals surface area contributed by atoms with Crippen molar-refractivity contribution in [2.45, 2.75) is 5.54 Å². The molecule has 1 fully saturated rings. The van der Waals surface area contributed by atoms with E-state index < -0.39 is 23.4 Å². The van der Waals surface area contributed by atoms with Crippen LogP contribution in [0.3, 0.4) is 0 Å². The third-order valence-corrected chi connectivity index (χ3v) is 5.67. The molecule has 2 N–H and O–H groups in total. The topological polar surface area (TPSA) is 78.5 Å². The molecule has 3 aromatic rings. The molecule has 30 heavy (non-hydrogen) atoms. The van der Waals surface area contributed by atoms with Crippen LogP contribution >= 0.6 is 22.6 Å². The molecule has 1 heterocycles. The lowest BCUT2D eigenvalue weighted by Gasteiger charge is -2.28. The van der Waals surface area contributed by atoms with Crippen LogP contribution in [-0.4, -0.2) is 29.3 Å². The number of rotatable bonds is 5. The number of carbonyl (C=O) groups is 3. The summed E-state index contributed by atoms with van der Waals surface area (Å²) in [6.07, 6.45) is 0. The molecule has 0 spiro atoms. The second-order valence-electron chi connectivity index (χ2n) is 6.86. The number of imide groups is 1. The van der Waals surface area contributed by atoms with Gasteiger partial charge in [0.05, 0.1) is 0 Å². The number of halogens is 1. The maximum Gasteiger partial charge on any atom is 0.326 e. The molecule has 1 aliphatic rings. The van der Waals surface area contributed by atoms with Crippen molar-refractivity contribution in [2.24, 2.45) is 0 Å². The molecule has 0 aromatic heterocycles. The second-order valence-corrected chi connectivity index (χ2v) is 8.10. The van der Waals surface area contributed by atoms with E-state index in [0.717, 1.165) is 8.47 Å². The first-order valence-corrected chi connectivity index (χ1v) is 10.4. The van der Waals surface area contributed by atoms with Gasteiger partial charge < -0.3 is 10.6 Å². The lowest BCUT2D eigenvalue weighted by molar-refractivity contribution is -0.133. The van der Waals surface area contributed by atoms with Crippen molar-refractivity contribution in [1.29, 1.82) is 0 Å². The van der Waals surface area contributed by atoms with Gasteiger partial charge >= 0.3 is 6.03 Å². The van der Waals surface area contributed by atoms with Crippen LogP contribution < -0.4 is 10.6 Å². The Morgan fingerprint density at radius 3 is 1.93 bits per heavy atom. The van der Waals surface area contributed by atoms with Crippen molar-refractivity contribution in [1.82, 2.24) is 10.2 Å². The Morgan fingerprint density at radius 2 is 1.40 bits per heavy atom. The van der Waals surface area contributed by atoms with Gasteiger partial charge in [-0.3, -0.25) is 14.5 Å². The van der Waals surface area contributed by atoms with E-state index in [1.165, 1.54) is 0 Å². The fourth-order valence-electron chi connectivity index (χ4n) is 3.53. The Labute approximate surface area is 187 Å². The number of nitrogens with zero attached hydrogens (tertiary/aromatic N) is 1. The molecular weight excluding hydrogens is 493 g/mol. The van der Waals surface area contributed by atoms with Crippen molar-refractivity contribution in [3.05, 3.63) is 99.6 Å². The van der Waals surface area contributed by atoms with E-state index in [-0.39, 0.29) is 6.54 Å². The fourth-order valence-corrected chi connectivity index (χ4v) is 3.89. The van der Waals surface area contributed by atoms with E-state index in [4.69, 9.17) is 0 Å². The zero-order valence-electron chi connectivity index (χ0n) is 15.8. The third kappa shape index (κ3) is 3.68. The quantitative estimate of drug-likeness (QED) is 0.405. The molecule has 6 nitrogen and oxygen atoms in total. The molecule has 4 amide bonds. The molecule has 1 aliphatic heterocycles. The van der Waals surface area contributed by atoms with E-state index in [0.29, 0.717) is 16.8 Å². The first-order valence-electron chi connectivity index (χ1n) is 9.31.